The Morgan fingerprint density at radius 3 is 2.52 bits per heavy atom. The maximum absolute atomic E-state index is 12.3. The lowest BCUT2D eigenvalue weighted by Gasteiger charge is -2.10. The third-order valence-corrected chi connectivity index (χ3v) is 4.04. The summed E-state index contributed by atoms with van der Waals surface area (Å²) in [6.45, 7) is -0.507. The van der Waals surface area contributed by atoms with Crippen LogP contribution in [0.25, 0.3) is 6.08 Å². The van der Waals surface area contributed by atoms with Crippen LogP contribution in [0.5, 0.6) is 11.5 Å². The number of anilines is 1. The Labute approximate surface area is 169 Å². The quantitative estimate of drug-likeness (QED) is 0.359. The molecule has 27 heavy (non-hydrogen) atoms. The van der Waals surface area contributed by atoms with Crippen LogP contribution in [0, 0.1) is 14.9 Å². The van der Waals surface area contributed by atoms with Crippen LogP contribution in [-0.4, -0.2) is 30.7 Å². The first-order valence-corrected chi connectivity index (χ1v) is 8.72. The first kappa shape index (κ1) is 20.3. The molecule has 0 radical (unpaired) electrons. The van der Waals surface area contributed by atoms with Crippen molar-refractivity contribution in [3.63, 3.8) is 0 Å². The van der Waals surface area contributed by atoms with Gasteiger partial charge in [-0.15, -0.1) is 0 Å². The number of nitrogens with one attached hydrogen (secondary N) is 1. The normalized spacial score (nSPS) is 10.6. The summed E-state index contributed by atoms with van der Waals surface area (Å²) in [6.07, 6.45) is 1.41. The number of hydrogen-bond donors (Lipinski definition) is 2. The number of nitriles is 1. The molecule has 8 heteroatoms. The van der Waals surface area contributed by atoms with Gasteiger partial charge in [-0.25, -0.2) is 4.79 Å². The van der Waals surface area contributed by atoms with Gasteiger partial charge in [-0.3, -0.25) is 4.79 Å². The van der Waals surface area contributed by atoms with Gasteiger partial charge in [-0.05, 0) is 70.6 Å². The molecule has 1 amide bonds. The molecule has 0 aromatic heterocycles. The lowest BCUT2D eigenvalue weighted by molar-refractivity contribution is -0.139. The maximum Gasteiger partial charge on any atom is 0.341 e. The van der Waals surface area contributed by atoms with Crippen molar-refractivity contribution in [3.8, 4) is 17.6 Å². The lowest BCUT2D eigenvalue weighted by atomic mass is 10.1. The SMILES string of the molecule is COc1cc(/C=C(\C#N)C(=O)Nc2ccc(I)cc2)ccc1OCC(=O)O. The summed E-state index contributed by atoms with van der Waals surface area (Å²) in [6, 6.07) is 13.7. The van der Waals surface area contributed by atoms with Crippen LogP contribution < -0.4 is 14.8 Å². The number of rotatable bonds is 7. The van der Waals surface area contributed by atoms with Crippen LogP contribution in [0.4, 0.5) is 5.69 Å². The lowest BCUT2D eigenvalue weighted by Crippen LogP contribution is -2.13. The number of carboxylic acid groups (broad SMARTS) is 1. The van der Waals surface area contributed by atoms with Crippen molar-refractivity contribution < 1.29 is 24.2 Å². The van der Waals surface area contributed by atoms with Crippen molar-refractivity contribution in [3.05, 3.63) is 57.2 Å². The number of methoxy groups -OCH3 is 1. The van der Waals surface area contributed by atoms with Crippen LogP contribution in [0.2, 0.25) is 0 Å². The van der Waals surface area contributed by atoms with Gasteiger partial charge in [0.25, 0.3) is 5.91 Å². The van der Waals surface area contributed by atoms with Gasteiger partial charge in [0.1, 0.15) is 11.6 Å². The van der Waals surface area contributed by atoms with Gasteiger partial charge < -0.3 is 19.9 Å². The zero-order valence-electron chi connectivity index (χ0n) is 14.2. The van der Waals surface area contributed by atoms with E-state index >= 15 is 0 Å². The molecule has 138 valence electrons. The third-order valence-electron chi connectivity index (χ3n) is 3.32. The molecule has 0 unspecified atom stereocenters. The highest BCUT2D eigenvalue weighted by Crippen LogP contribution is 2.29. The minimum Gasteiger partial charge on any atom is -0.493 e. The molecule has 2 aromatic rings. The summed E-state index contributed by atoms with van der Waals surface area (Å²) in [5.41, 5.74) is 1.02. The Kier molecular flexibility index (Phi) is 7.19. The molecule has 0 saturated carbocycles. The summed E-state index contributed by atoms with van der Waals surface area (Å²) in [5, 5.41) is 20.6. The van der Waals surface area contributed by atoms with Crippen molar-refractivity contribution in [2.75, 3.05) is 19.0 Å². The molecule has 0 saturated heterocycles. The maximum atomic E-state index is 12.3. The second-order valence-corrected chi connectivity index (χ2v) is 6.47. The van der Waals surface area contributed by atoms with E-state index in [0.29, 0.717) is 17.0 Å². The van der Waals surface area contributed by atoms with Gasteiger partial charge >= 0.3 is 5.97 Å². The van der Waals surface area contributed by atoms with Crippen molar-refractivity contribution >= 4 is 46.2 Å². The predicted molar refractivity (Wildman–Crippen MR) is 108 cm³/mol. The number of hydrogen-bond acceptors (Lipinski definition) is 5. The number of amides is 1. The number of nitrogens with zero attached hydrogens (tertiary/aromatic N) is 1. The molecule has 0 aliphatic heterocycles. The number of carbonyl (C=O) groups excluding carboxylic acids is 1. The largest absolute Gasteiger partial charge is 0.493 e. The number of aliphatic carboxylic acids is 1. The number of carbonyl (C=O) groups is 2. The van der Waals surface area contributed by atoms with Gasteiger partial charge in [0.05, 0.1) is 7.11 Å². The molecule has 2 aromatic carbocycles. The van der Waals surface area contributed by atoms with E-state index in [1.807, 2.05) is 18.2 Å². The van der Waals surface area contributed by atoms with Gasteiger partial charge in [0.2, 0.25) is 0 Å². The smallest absolute Gasteiger partial charge is 0.341 e. The summed E-state index contributed by atoms with van der Waals surface area (Å²) >= 11 is 2.15. The fourth-order valence-corrected chi connectivity index (χ4v) is 2.44. The fourth-order valence-electron chi connectivity index (χ4n) is 2.08. The molecule has 0 atom stereocenters. The zero-order valence-corrected chi connectivity index (χ0v) is 16.4. The fraction of sp³-hybridized carbons (Fsp3) is 0.105. The molecule has 2 rings (SSSR count). The van der Waals surface area contributed by atoms with E-state index in [1.165, 1.54) is 19.3 Å². The molecule has 0 bridgehead atoms. The average molecular weight is 478 g/mol. The van der Waals surface area contributed by atoms with E-state index in [4.69, 9.17) is 14.6 Å². The molecule has 0 fully saturated rings. The monoisotopic (exact) mass is 478 g/mol. The molecule has 0 heterocycles. The molecular weight excluding hydrogens is 463 g/mol. The first-order chi connectivity index (χ1) is 12.9. The number of halogens is 1. The topological polar surface area (TPSA) is 109 Å². The molecule has 0 aliphatic carbocycles. The van der Waals surface area contributed by atoms with Gasteiger partial charge in [0, 0.05) is 9.26 Å². The van der Waals surface area contributed by atoms with Crippen LogP contribution in [0.3, 0.4) is 0 Å². The summed E-state index contributed by atoms with van der Waals surface area (Å²) in [7, 11) is 1.41. The Hall–Kier alpha value is -3.06. The number of carboxylic acids is 1. The molecule has 0 aliphatic rings. The summed E-state index contributed by atoms with van der Waals surface area (Å²) in [4.78, 5) is 22.9. The highest BCUT2D eigenvalue weighted by Gasteiger charge is 2.12. The standard InChI is InChI=1S/C19H15IN2O5/c1-26-17-9-12(2-7-16(17)27-11-18(23)24)8-13(10-21)19(25)22-15-5-3-14(20)4-6-15/h2-9H,11H2,1H3,(H,22,25)(H,23,24)/b13-8+. The van der Waals surface area contributed by atoms with Crippen LogP contribution >= 0.6 is 22.6 Å². The molecule has 0 spiro atoms. The minimum atomic E-state index is -1.11. The van der Waals surface area contributed by atoms with Crippen molar-refractivity contribution in [1.29, 1.82) is 5.26 Å². The zero-order chi connectivity index (χ0) is 19.8. The summed E-state index contributed by atoms with van der Waals surface area (Å²) < 4.78 is 11.3. The minimum absolute atomic E-state index is 0.0881. The average Bonchev–Trinajstić information content (AvgIpc) is 2.66. The first-order valence-electron chi connectivity index (χ1n) is 7.64. The number of benzene rings is 2. The van der Waals surface area contributed by atoms with Crippen molar-refractivity contribution in [1.82, 2.24) is 0 Å². The second-order valence-electron chi connectivity index (χ2n) is 5.22. The Balaban J connectivity index is 2.20. The predicted octanol–water partition coefficient (Wildman–Crippen LogP) is 3.31. The third kappa shape index (κ3) is 6.00. The Morgan fingerprint density at radius 2 is 1.93 bits per heavy atom. The van der Waals surface area contributed by atoms with Gasteiger partial charge in [-0.1, -0.05) is 6.07 Å². The van der Waals surface area contributed by atoms with E-state index in [9.17, 15) is 14.9 Å². The molecule has 2 N–H and O–H groups in total. The highest BCUT2D eigenvalue weighted by molar-refractivity contribution is 14.1. The van der Waals surface area contributed by atoms with Crippen LogP contribution in [-0.2, 0) is 9.59 Å². The van der Waals surface area contributed by atoms with E-state index in [-0.39, 0.29) is 11.3 Å². The Bertz CT molecular complexity index is 917. The second kappa shape index (κ2) is 9.59. The van der Waals surface area contributed by atoms with Crippen LogP contribution in [0.1, 0.15) is 5.56 Å². The molecule has 7 nitrogen and oxygen atoms in total. The van der Waals surface area contributed by atoms with Gasteiger partial charge in [0.15, 0.2) is 18.1 Å². The van der Waals surface area contributed by atoms with Crippen molar-refractivity contribution in [2.24, 2.45) is 0 Å². The number of ether oxygens (including phenoxy) is 2. The van der Waals surface area contributed by atoms with E-state index in [2.05, 4.69) is 27.9 Å². The van der Waals surface area contributed by atoms with Crippen molar-refractivity contribution in [2.45, 2.75) is 0 Å². The van der Waals surface area contributed by atoms with Crippen LogP contribution in [0.15, 0.2) is 48.0 Å². The Morgan fingerprint density at radius 1 is 1.22 bits per heavy atom. The summed E-state index contributed by atoms with van der Waals surface area (Å²) in [5.74, 6) is -1.11. The molecular formula is C19H15IN2O5. The highest BCUT2D eigenvalue weighted by atomic mass is 127. The van der Waals surface area contributed by atoms with E-state index in [0.717, 1.165) is 3.57 Å². The van der Waals surface area contributed by atoms with Gasteiger partial charge in [-0.2, -0.15) is 5.26 Å². The van der Waals surface area contributed by atoms with E-state index in [1.54, 1.807) is 24.3 Å². The van der Waals surface area contributed by atoms with E-state index < -0.39 is 18.5 Å².